The predicted octanol–water partition coefficient (Wildman–Crippen LogP) is 2.68. The number of hydrogen-bond acceptors (Lipinski definition) is 2. The molecule has 0 spiro atoms. The Balaban J connectivity index is 1.94. The van der Waals surface area contributed by atoms with Crippen molar-refractivity contribution in [3.8, 4) is 5.75 Å². The van der Waals surface area contributed by atoms with Gasteiger partial charge < -0.3 is 15.0 Å². The van der Waals surface area contributed by atoms with Crippen LogP contribution < -0.4 is 15.0 Å². The van der Waals surface area contributed by atoms with E-state index in [2.05, 4.69) is 5.32 Å². The lowest BCUT2D eigenvalue weighted by Gasteiger charge is -2.16. The molecule has 2 aromatic carbocycles. The second-order valence-corrected chi connectivity index (χ2v) is 6.25. The number of aryl methyl sites for hydroxylation is 1. The predicted molar refractivity (Wildman–Crippen MR) is 93.3 cm³/mol. The zero-order valence-corrected chi connectivity index (χ0v) is 14.9. The van der Waals surface area contributed by atoms with Crippen LogP contribution >= 0.6 is 0 Å². The van der Waals surface area contributed by atoms with Gasteiger partial charge in [-0.3, -0.25) is 4.79 Å². The number of carbonyl (C=O) groups is 1. The average molecular weight is 367 g/mol. The summed E-state index contributed by atoms with van der Waals surface area (Å²) in [6.45, 7) is 2.75. The van der Waals surface area contributed by atoms with Crippen LogP contribution in [0, 0.1) is 6.92 Å². The number of alkyl halides is 3. The van der Waals surface area contributed by atoms with Crippen LogP contribution in [0.4, 0.5) is 18.9 Å². The van der Waals surface area contributed by atoms with E-state index in [4.69, 9.17) is 4.74 Å². The summed E-state index contributed by atoms with van der Waals surface area (Å²) in [6, 6.07) is 10.2. The molecule has 1 amide bonds. The monoisotopic (exact) mass is 367 g/mol. The van der Waals surface area contributed by atoms with Crippen LogP contribution in [0.2, 0.25) is 0 Å². The first-order valence-corrected chi connectivity index (χ1v) is 8.11. The van der Waals surface area contributed by atoms with Crippen molar-refractivity contribution in [2.45, 2.75) is 19.6 Å². The average Bonchev–Trinajstić information content (AvgIpc) is 2.54. The van der Waals surface area contributed by atoms with Crippen LogP contribution in [0.5, 0.6) is 5.75 Å². The Morgan fingerprint density at radius 1 is 1.15 bits per heavy atom. The van der Waals surface area contributed by atoms with E-state index in [9.17, 15) is 18.0 Å². The molecule has 2 aromatic rings. The lowest BCUT2D eigenvalue weighted by molar-refractivity contribution is -0.885. The smallest absolute Gasteiger partial charge is 0.416 e. The molecule has 2 N–H and O–H groups in total. The second kappa shape index (κ2) is 8.23. The highest BCUT2D eigenvalue weighted by molar-refractivity contribution is 5.91. The number of rotatable bonds is 6. The first-order valence-electron chi connectivity index (χ1n) is 8.11. The highest BCUT2D eigenvalue weighted by atomic mass is 19.4. The zero-order valence-electron chi connectivity index (χ0n) is 14.9. The maximum Gasteiger partial charge on any atom is 0.416 e. The molecule has 0 heterocycles. The molecule has 2 rings (SSSR count). The molecular formula is C19H22F3N2O2+. The van der Waals surface area contributed by atoms with Crippen molar-refractivity contribution in [1.29, 1.82) is 0 Å². The molecule has 4 nitrogen and oxygen atoms in total. The lowest BCUT2D eigenvalue weighted by Crippen LogP contribution is -3.08. The molecule has 140 valence electrons. The van der Waals surface area contributed by atoms with Crippen molar-refractivity contribution in [2.24, 2.45) is 0 Å². The fourth-order valence-corrected chi connectivity index (χ4v) is 2.65. The van der Waals surface area contributed by atoms with E-state index in [1.807, 2.05) is 32.2 Å². The van der Waals surface area contributed by atoms with Gasteiger partial charge in [-0.1, -0.05) is 11.6 Å². The summed E-state index contributed by atoms with van der Waals surface area (Å²) in [4.78, 5) is 13.1. The van der Waals surface area contributed by atoms with Crippen LogP contribution in [-0.4, -0.2) is 26.6 Å². The third kappa shape index (κ3) is 5.49. The second-order valence-electron chi connectivity index (χ2n) is 6.25. The molecule has 1 atom stereocenters. The van der Waals surface area contributed by atoms with Crippen molar-refractivity contribution in [3.63, 3.8) is 0 Å². The third-order valence-corrected chi connectivity index (χ3v) is 3.89. The quantitative estimate of drug-likeness (QED) is 0.824. The van der Waals surface area contributed by atoms with E-state index in [1.54, 1.807) is 7.11 Å². The molecule has 0 fully saturated rings. The van der Waals surface area contributed by atoms with Gasteiger partial charge in [0, 0.05) is 11.3 Å². The molecule has 0 saturated heterocycles. The molecule has 7 heteroatoms. The Bertz CT molecular complexity index is 758. The number of methoxy groups -OCH3 is 1. The number of benzene rings is 2. The van der Waals surface area contributed by atoms with Crippen LogP contribution in [0.3, 0.4) is 0 Å². The number of quaternary nitrogens is 1. The van der Waals surface area contributed by atoms with Gasteiger partial charge in [0.05, 0.1) is 19.7 Å². The van der Waals surface area contributed by atoms with Crippen molar-refractivity contribution in [2.75, 3.05) is 26.0 Å². The fraction of sp³-hybridized carbons (Fsp3) is 0.316. The summed E-state index contributed by atoms with van der Waals surface area (Å²) in [5.41, 5.74) is 1.68. The Hall–Kier alpha value is -2.54. The summed E-state index contributed by atoms with van der Waals surface area (Å²) in [6.07, 6.45) is -4.39. The zero-order chi connectivity index (χ0) is 19.3. The van der Waals surface area contributed by atoms with Gasteiger partial charge in [-0.05, 0) is 43.3 Å². The number of halogens is 3. The van der Waals surface area contributed by atoms with Crippen LogP contribution in [0.25, 0.3) is 0 Å². The molecular weight excluding hydrogens is 345 g/mol. The van der Waals surface area contributed by atoms with Crippen LogP contribution in [0.15, 0.2) is 42.5 Å². The van der Waals surface area contributed by atoms with E-state index in [-0.39, 0.29) is 12.5 Å². The summed E-state index contributed by atoms with van der Waals surface area (Å²) in [5, 5.41) is 2.62. The number of hydrogen-bond donors (Lipinski definition) is 2. The normalized spacial score (nSPS) is 12.5. The molecule has 0 aromatic heterocycles. The Labute approximate surface area is 150 Å². The van der Waals surface area contributed by atoms with E-state index < -0.39 is 11.7 Å². The van der Waals surface area contributed by atoms with Gasteiger partial charge in [0.1, 0.15) is 12.3 Å². The van der Waals surface area contributed by atoms with Crippen molar-refractivity contribution < 1.29 is 27.6 Å². The number of amides is 1. The molecule has 0 aliphatic rings. The topological polar surface area (TPSA) is 42.8 Å². The number of anilines is 1. The first kappa shape index (κ1) is 19.8. The van der Waals surface area contributed by atoms with Crippen LogP contribution in [-0.2, 0) is 17.5 Å². The summed E-state index contributed by atoms with van der Waals surface area (Å²) < 4.78 is 43.0. The third-order valence-electron chi connectivity index (χ3n) is 3.89. The SMILES string of the molecule is COc1ccc(C)cc1C[NH+](C)CC(=O)Nc1ccc(C(F)(F)F)cc1. The molecule has 0 radical (unpaired) electrons. The number of nitrogens with one attached hydrogen (secondary N) is 2. The van der Waals surface area contributed by atoms with E-state index in [0.717, 1.165) is 33.9 Å². The Morgan fingerprint density at radius 3 is 2.38 bits per heavy atom. The fourth-order valence-electron chi connectivity index (χ4n) is 2.65. The number of ether oxygens (including phenoxy) is 1. The molecule has 1 unspecified atom stereocenters. The van der Waals surface area contributed by atoms with E-state index in [0.29, 0.717) is 12.2 Å². The standard InChI is InChI=1S/C19H21F3N2O2/c1-13-4-9-17(26-3)14(10-13)11-24(2)12-18(25)23-16-7-5-15(6-8-16)19(20,21)22/h4-10H,11-12H2,1-3H3,(H,23,25)/p+1. The van der Waals surface area contributed by atoms with Gasteiger partial charge in [0.25, 0.3) is 5.91 Å². The van der Waals surface area contributed by atoms with Gasteiger partial charge in [-0.2, -0.15) is 13.2 Å². The molecule has 0 aliphatic carbocycles. The van der Waals surface area contributed by atoms with Crippen molar-refractivity contribution >= 4 is 11.6 Å². The van der Waals surface area contributed by atoms with E-state index in [1.165, 1.54) is 12.1 Å². The van der Waals surface area contributed by atoms with Crippen molar-refractivity contribution in [1.82, 2.24) is 0 Å². The highest BCUT2D eigenvalue weighted by Gasteiger charge is 2.30. The molecule has 26 heavy (non-hydrogen) atoms. The number of carbonyl (C=O) groups excluding carboxylic acids is 1. The minimum Gasteiger partial charge on any atom is -0.496 e. The summed E-state index contributed by atoms with van der Waals surface area (Å²) >= 11 is 0. The molecule has 0 bridgehead atoms. The van der Waals surface area contributed by atoms with Gasteiger partial charge in [0.15, 0.2) is 6.54 Å². The van der Waals surface area contributed by atoms with Gasteiger partial charge in [-0.25, -0.2) is 0 Å². The lowest BCUT2D eigenvalue weighted by atomic mass is 10.1. The van der Waals surface area contributed by atoms with Gasteiger partial charge in [-0.15, -0.1) is 0 Å². The van der Waals surface area contributed by atoms with Crippen LogP contribution in [0.1, 0.15) is 16.7 Å². The largest absolute Gasteiger partial charge is 0.496 e. The van der Waals surface area contributed by atoms with Gasteiger partial charge >= 0.3 is 6.18 Å². The molecule has 0 aliphatic heterocycles. The maximum atomic E-state index is 12.6. The summed E-state index contributed by atoms with van der Waals surface area (Å²) in [7, 11) is 3.47. The maximum absolute atomic E-state index is 12.6. The first-order chi connectivity index (χ1) is 12.2. The number of likely N-dealkylation sites (N-methyl/N-ethyl adjacent to an activating group) is 1. The minimum atomic E-state index is -4.39. The molecule has 0 saturated carbocycles. The Kier molecular flexibility index (Phi) is 6.26. The van der Waals surface area contributed by atoms with Gasteiger partial charge in [0.2, 0.25) is 0 Å². The van der Waals surface area contributed by atoms with Crippen molar-refractivity contribution in [3.05, 3.63) is 59.2 Å². The van der Waals surface area contributed by atoms with E-state index >= 15 is 0 Å². The summed E-state index contributed by atoms with van der Waals surface area (Å²) in [5.74, 6) is 0.493. The Morgan fingerprint density at radius 2 is 1.81 bits per heavy atom. The minimum absolute atomic E-state index is 0.179. The highest BCUT2D eigenvalue weighted by Crippen LogP contribution is 2.29.